The number of nitrogens with zero attached hydrogens (tertiary/aromatic N) is 2. The Kier molecular flexibility index (Phi) is 5.65. The van der Waals surface area contributed by atoms with E-state index >= 15 is 0 Å². The van der Waals surface area contributed by atoms with Crippen molar-refractivity contribution in [1.82, 2.24) is 5.27 Å². The topological polar surface area (TPSA) is 91.3 Å². The number of halogens is 1. The van der Waals surface area contributed by atoms with Crippen LogP contribution in [0.15, 0.2) is 58.1 Å². The van der Waals surface area contributed by atoms with Crippen LogP contribution in [-0.2, 0) is 4.79 Å². The Morgan fingerprint density at radius 3 is 2.73 bits per heavy atom. The molecule has 7 nitrogen and oxygen atoms in total. The van der Waals surface area contributed by atoms with Crippen LogP contribution >= 0.6 is 23.4 Å². The summed E-state index contributed by atoms with van der Waals surface area (Å²) in [6.45, 7) is 0. The Morgan fingerprint density at radius 1 is 1.31 bits per heavy atom. The molecule has 2 aromatic carbocycles. The molecule has 1 heterocycles. The fourth-order valence-corrected chi connectivity index (χ4v) is 3.07. The minimum absolute atomic E-state index is 0.00215. The summed E-state index contributed by atoms with van der Waals surface area (Å²) in [5.74, 6) is -0.243. The van der Waals surface area contributed by atoms with E-state index in [4.69, 9.17) is 20.9 Å². The van der Waals surface area contributed by atoms with E-state index in [0.717, 1.165) is 11.8 Å². The van der Waals surface area contributed by atoms with Crippen molar-refractivity contribution >= 4 is 35.0 Å². The Morgan fingerprint density at radius 2 is 2.04 bits per heavy atom. The fourth-order valence-electron chi connectivity index (χ4n) is 2.13. The average molecular weight is 392 g/mol. The first kappa shape index (κ1) is 18.1. The van der Waals surface area contributed by atoms with Gasteiger partial charge in [0, 0.05) is 12.1 Å². The van der Waals surface area contributed by atoms with E-state index in [2.05, 4.69) is 10.6 Å². The van der Waals surface area contributed by atoms with Gasteiger partial charge in [-0.15, -0.1) is 0 Å². The summed E-state index contributed by atoms with van der Waals surface area (Å²) >= 11 is 7.04. The quantitative estimate of drug-likeness (QED) is 0.512. The Hall–Kier alpha value is -2.71. The molecule has 0 aliphatic heterocycles. The molecular weight excluding hydrogens is 378 g/mol. The largest absolute Gasteiger partial charge is 0.538 e. The number of thioether (sulfide) groups is 1. The SMILES string of the molecule is COc1ccc(-[n+]2noc([O-])c2SCC(=O)Nc2ccccc2Cl)cc1. The lowest BCUT2D eigenvalue weighted by Crippen LogP contribution is -2.35. The van der Waals surface area contributed by atoms with Gasteiger partial charge < -0.3 is 19.7 Å². The predicted molar refractivity (Wildman–Crippen MR) is 94.8 cm³/mol. The maximum Gasteiger partial charge on any atom is 0.298 e. The van der Waals surface area contributed by atoms with E-state index < -0.39 is 5.95 Å². The molecule has 0 spiro atoms. The van der Waals surface area contributed by atoms with Gasteiger partial charge in [-0.2, -0.15) is 0 Å². The molecule has 0 saturated heterocycles. The van der Waals surface area contributed by atoms with Crippen LogP contribution < -0.4 is 19.8 Å². The molecule has 1 N–H and O–H groups in total. The van der Waals surface area contributed by atoms with Gasteiger partial charge in [0.05, 0.1) is 28.8 Å². The van der Waals surface area contributed by atoms with Crippen molar-refractivity contribution in [3.8, 4) is 17.4 Å². The highest BCUT2D eigenvalue weighted by molar-refractivity contribution is 7.99. The highest BCUT2D eigenvalue weighted by Gasteiger charge is 2.22. The molecule has 1 aromatic heterocycles. The summed E-state index contributed by atoms with van der Waals surface area (Å²) in [7, 11) is 1.56. The fraction of sp³-hybridized carbons (Fsp3) is 0.118. The molecule has 3 aromatic rings. The van der Waals surface area contributed by atoms with Crippen molar-refractivity contribution in [2.75, 3.05) is 18.2 Å². The third-order valence-electron chi connectivity index (χ3n) is 3.38. The number of carbonyl (C=O) groups is 1. The molecule has 1 amide bonds. The molecule has 9 heteroatoms. The van der Waals surface area contributed by atoms with Crippen molar-refractivity contribution < 1.29 is 23.8 Å². The van der Waals surface area contributed by atoms with Crippen LogP contribution in [0.4, 0.5) is 5.69 Å². The Labute approximate surface area is 158 Å². The van der Waals surface area contributed by atoms with Crippen molar-refractivity contribution in [2.24, 2.45) is 0 Å². The van der Waals surface area contributed by atoms with Crippen LogP contribution in [0.25, 0.3) is 5.69 Å². The maximum absolute atomic E-state index is 12.1. The van der Waals surface area contributed by atoms with E-state index in [-0.39, 0.29) is 16.7 Å². The average Bonchev–Trinajstić information content (AvgIpc) is 3.02. The van der Waals surface area contributed by atoms with E-state index in [0.29, 0.717) is 22.1 Å². The van der Waals surface area contributed by atoms with Crippen molar-refractivity contribution in [3.63, 3.8) is 0 Å². The van der Waals surface area contributed by atoms with E-state index in [1.165, 1.54) is 4.68 Å². The highest BCUT2D eigenvalue weighted by atomic mass is 35.5. The van der Waals surface area contributed by atoms with E-state index in [9.17, 15) is 9.90 Å². The number of rotatable bonds is 6. The molecule has 0 saturated carbocycles. The van der Waals surface area contributed by atoms with Gasteiger partial charge in [0.25, 0.3) is 5.03 Å². The number of hydrogen-bond acceptors (Lipinski definition) is 6. The first-order valence-electron chi connectivity index (χ1n) is 7.49. The maximum atomic E-state index is 12.1. The molecule has 0 aliphatic carbocycles. The second-order valence-corrected chi connectivity index (χ2v) is 6.46. The number of anilines is 1. The Balaban J connectivity index is 1.71. The number of nitrogens with one attached hydrogen (secondary N) is 1. The van der Waals surface area contributed by atoms with Crippen LogP contribution in [-0.4, -0.2) is 24.0 Å². The second-order valence-electron chi connectivity index (χ2n) is 5.09. The summed E-state index contributed by atoms with van der Waals surface area (Å²) in [6, 6.07) is 13.8. The monoisotopic (exact) mass is 391 g/mol. The van der Waals surface area contributed by atoms with Crippen LogP contribution in [0.5, 0.6) is 11.7 Å². The minimum Gasteiger partial charge on any atom is -0.538 e. The smallest absolute Gasteiger partial charge is 0.298 e. The molecule has 0 bridgehead atoms. The molecule has 26 heavy (non-hydrogen) atoms. The van der Waals surface area contributed by atoms with Crippen LogP contribution in [0, 0.1) is 0 Å². The number of hydrogen-bond donors (Lipinski definition) is 1. The zero-order valence-electron chi connectivity index (χ0n) is 13.6. The van der Waals surface area contributed by atoms with Gasteiger partial charge in [-0.3, -0.25) is 4.79 Å². The highest BCUT2D eigenvalue weighted by Crippen LogP contribution is 2.25. The lowest BCUT2D eigenvalue weighted by atomic mass is 10.3. The van der Waals surface area contributed by atoms with Crippen molar-refractivity contribution in [1.29, 1.82) is 0 Å². The van der Waals surface area contributed by atoms with E-state index in [1.807, 2.05) is 0 Å². The lowest BCUT2D eigenvalue weighted by molar-refractivity contribution is -0.705. The van der Waals surface area contributed by atoms with E-state index in [1.54, 1.807) is 55.6 Å². The molecule has 0 radical (unpaired) electrons. The predicted octanol–water partition coefficient (Wildman–Crippen LogP) is 2.42. The van der Waals surface area contributed by atoms with Gasteiger partial charge in [0.1, 0.15) is 5.75 Å². The van der Waals surface area contributed by atoms with Gasteiger partial charge in [-0.25, -0.2) is 0 Å². The van der Waals surface area contributed by atoms with Gasteiger partial charge >= 0.3 is 0 Å². The number of carbonyl (C=O) groups excluding carboxylic acids is 1. The first-order chi connectivity index (χ1) is 12.6. The standard InChI is InChI=1S/C17H14ClN3O4S/c1-24-12-8-6-11(7-9-12)21-16(17(23)25-20-21)26-10-15(22)19-14-5-3-2-4-13(14)18/h2-9H,10H2,1H3,(H-,19,20,22,23). The van der Waals surface area contributed by atoms with Gasteiger partial charge in [-0.1, -0.05) is 23.7 Å². The van der Waals surface area contributed by atoms with Crippen LogP contribution in [0.1, 0.15) is 0 Å². The lowest BCUT2D eigenvalue weighted by Gasteiger charge is -2.05. The second kappa shape index (κ2) is 8.11. The van der Waals surface area contributed by atoms with Gasteiger partial charge in [0.15, 0.2) is 5.95 Å². The summed E-state index contributed by atoms with van der Waals surface area (Å²) < 4.78 is 11.2. The summed E-state index contributed by atoms with van der Waals surface area (Å²) in [5.41, 5.74) is 1.13. The van der Waals surface area contributed by atoms with Gasteiger partial charge in [0.2, 0.25) is 11.6 Å². The van der Waals surface area contributed by atoms with Crippen molar-refractivity contribution in [2.45, 2.75) is 5.03 Å². The number of ether oxygens (including phenoxy) is 1. The zero-order valence-corrected chi connectivity index (χ0v) is 15.2. The minimum atomic E-state index is -0.614. The summed E-state index contributed by atoms with van der Waals surface area (Å²) in [4.78, 5) is 12.1. The number of amides is 1. The molecule has 0 atom stereocenters. The molecular formula is C17H14ClN3O4S. The third kappa shape index (κ3) is 4.09. The molecule has 0 unspecified atom stereocenters. The first-order valence-corrected chi connectivity index (χ1v) is 8.85. The third-order valence-corrected chi connectivity index (χ3v) is 4.73. The van der Waals surface area contributed by atoms with Crippen LogP contribution in [0.3, 0.4) is 0 Å². The number of methoxy groups -OCH3 is 1. The molecule has 3 rings (SSSR count). The number of aromatic nitrogens is 2. The van der Waals surface area contributed by atoms with Crippen molar-refractivity contribution in [3.05, 3.63) is 53.6 Å². The zero-order chi connectivity index (χ0) is 18.5. The Bertz CT molecular complexity index is 915. The molecule has 134 valence electrons. The normalized spacial score (nSPS) is 10.5. The molecule has 0 aliphatic rings. The summed E-state index contributed by atoms with van der Waals surface area (Å²) in [5, 5.41) is 19.0. The number of para-hydroxylation sites is 1. The summed E-state index contributed by atoms with van der Waals surface area (Å²) in [6.07, 6.45) is 0. The van der Waals surface area contributed by atoms with Gasteiger partial charge in [-0.05, 0) is 40.7 Å². The number of benzene rings is 2. The molecule has 0 fully saturated rings. The van der Waals surface area contributed by atoms with Crippen LogP contribution in [0.2, 0.25) is 5.02 Å².